The summed E-state index contributed by atoms with van der Waals surface area (Å²) in [4.78, 5) is 16.5. The zero-order valence-electron chi connectivity index (χ0n) is 14.7. The van der Waals surface area contributed by atoms with Crippen molar-refractivity contribution in [3.8, 4) is 0 Å². The normalized spacial score (nSPS) is 13.8. The van der Waals surface area contributed by atoms with Gasteiger partial charge in [-0.25, -0.2) is 0 Å². The predicted octanol–water partition coefficient (Wildman–Crippen LogP) is 3.25. The van der Waals surface area contributed by atoms with E-state index in [1.54, 1.807) is 0 Å². The molecule has 0 fully saturated rings. The molecule has 3 nitrogen and oxygen atoms in total. The van der Waals surface area contributed by atoms with E-state index >= 15 is 0 Å². The van der Waals surface area contributed by atoms with Crippen LogP contribution in [0.1, 0.15) is 55.4 Å². The third kappa shape index (κ3) is 6.42. The van der Waals surface area contributed by atoms with Crippen molar-refractivity contribution in [3.63, 3.8) is 0 Å². The van der Waals surface area contributed by atoms with Crippen LogP contribution in [0.5, 0.6) is 0 Å². The minimum atomic E-state index is -0.305. The summed E-state index contributed by atoms with van der Waals surface area (Å²) in [6, 6.07) is 0. The molecule has 0 saturated heterocycles. The number of nitrogens with zero attached hydrogens (tertiary/aromatic N) is 2. The summed E-state index contributed by atoms with van der Waals surface area (Å²) in [7, 11) is 4.06. The van der Waals surface area contributed by atoms with Gasteiger partial charge in [0.05, 0.1) is 0 Å². The lowest BCUT2D eigenvalue weighted by Gasteiger charge is -2.40. The van der Waals surface area contributed by atoms with Crippen molar-refractivity contribution in [1.82, 2.24) is 9.80 Å². The summed E-state index contributed by atoms with van der Waals surface area (Å²) in [5.74, 6) is 0.207. The Labute approximate surface area is 120 Å². The van der Waals surface area contributed by atoms with Crippen LogP contribution in [-0.4, -0.2) is 48.4 Å². The molecule has 0 aromatic rings. The standard InChI is InChI=1S/C16H34N2O/c1-14(2,3)13(19)17(9)11-16(7,8)12-18(10)15(4,5)6/h11-12H2,1-10H3. The fraction of sp³-hybridized carbons (Fsp3) is 0.938. The maximum Gasteiger partial charge on any atom is 0.227 e. The number of rotatable bonds is 4. The Balaban J connectivity index is 4.66. The lowest BCUT2D eigenvalue weighted by Crippen LogP contribution is -2.49. The highest BCUT2D eigenvalue weighted by Gasteiger charge is 2.31. The Morgan fingerprint density at radius 1 is 0.842 bits per heavy atom. The van der Waals surface area contributed by atoms with E-state index in [9.17, 15) is 4.79 Å². The summed E-state index contributed by atoms with van der Waals surface area (Å²) in [5, 5.41) is 0. The number of hydrogen-bond donors (Lipinski definition) is 0. The number of carbonyl (C=O) groups excluding carboxylic acids is 1. The fourth-order valence-corrected chi connectivity index (χ4v) is 2.22. The Kier molecular flexibility index (Phi) is 5.65. The molecule has 0 heterocycles. The quantitative estimate of drug-likeness (QED) is 0.783. The SMILES string of the molecule is CN(CC(C)(C)CN(C)C(C)(C)C)C(=O)C(C)(C)C. The summed E-state index contributed by atoms with van der Waals surface area (Å²) in [6.45, 7) is 18.8. The lowest BCUT2D eigenvalue weighted by atomic mass is 9.88. The fourth-order valence-electron chi connectivity index (χ4n) is 2.22. The minimum Gasteiger partial charge on any atom is -0.345 e. The van der Waals surface area contributed by atoms with E-state index in [0.29, 0.717) is 0 Å². The van der Waals surface area contributed by atoms with Gasteiger partial charge in [0.25, 0.3) is 0 Å². The van der Waals surface area contributed by atoms with Crippen molar-refractivity contribution in [2.75, 3.05) is 27.2 Å². The van der Waals surface area contributed by atoms with Gasteiger partial charge in [0.2, 0.25) is 5.91 Å². The maximum atomic E-state index is 12.2. The van der Waals surface area contributed by atoms with E-state index in [4.69, 9.17) is 0 Å². The molecule has 0 N–H and O–H groups in total. The van der Waals surface area contributed by atoms with Crippen LogP contribution in [0.2, 0.25) is 0 Å². The first kappa shape index (κ1) is 18.4. The Morgan fingerprint density at radius 2 is 1.26 bits per heavy atom. The average molecular weight is 270 g/mol. The molecule has 0 radical (unpaired) electrons. The molecule has 0 unspecified atom stereocenters. The van der Waals surface area contributed by atoms with Gasteiger partial charge in [0.1, 0.15) is 0 Å². The Hall–Kier alpha value is -0.570. The number of hydrogen-bond acceptors (Lipinski definition) is 2. The summed E-state index contributed by atoms with van der Waals surface area (Å²) in [5.41, 5.74) is -0.0671. The monoisotopic (exact) mass is 270 g/mol. The molecule has 19 heavy (non-hydrogen) atoms. The van der Waals surface area contributed by atoms with Gasteiger partial charge in [-0.15, -0.1) is 0 Å². The zero-order valence-corrected chi connectivity index (χ0v) is 14.7. The Morgan fingerprint density at radius 3 is 1.58 bits per heavy atom. The highest BCUT2D eigenvalue weighted by molar-refractivity contribution is 5.81. The molecule has 0 spiro atoms. The first-order valence-corrected chi connectivity index (χ1v) is 7.14. The summed E-state index contributed by atoms with van der Waals surface area (Å²) >= 11 is 0. The van der Waals surface area contributed by atoms with Crippen LogP contribution < -0.4 is 0 Å². The van der Waals surface area contributed by atoms with Gasteiger partial charge in [0, 0.05) is 31.1 Å². The van der Waals surface area contributed by atoms with Crippen molar-refractivity contribution in [3.05, 3.63) is 0 Å². The van der Waals surface area contributed by atoms with Crippen molar-refractivity contribution >= 4 is 5.91 Å². The molecular weight excluding hydrogens is 236 g/mol. The summed E-state index contributed by atoms with van der Waals surface area (Å²) in [6.07, 6.45) is 0. The predicted molar refractivity (Wildman–Crippen MR) is 83.3 cm³/mol. The minimum absolute atomic E-state index is 0.0810. The maximum absolute atomic E-state index is 12.2. The third-order valence-corrected chi connectivity index (χ3v) is 3.46. The molecule has 0 aliphatic carbocycles. The zero-order chi connectivity index (χ0) is 15.6. The van der Waals surface area contributed by atoms with E-state index in [1.807, 2.05) is 32.7 Å². The van der Waals surface area contributed by atoms with E-state index in [-0.39, 0.29) is 22.3 Å². The van der Waals surface area contributed by atoms with Crippen LogP contribution in [0.4, 0.5) is 0 Å². The first-order chi connectivity index (χ1) is 8.17. The molecule has 0 aromatic carbocycles. The topological polar surface area (TPSA) is 23.6 Å². The lowest BCUT2D eigenvalue weighted by molar-refractivity contribution is -0.139. The second-order valence-electron chi connectivity index (χ2n) is 8.60. The second-order valence-corrected chi connectivity index (χ2v) is 8.60. The molecule has 114 valence electrons. The molecule has 0 bridgehead atoms. The largest absolute Gasteiger partial charge is 0.345 e. The number of amides is 1. The first-order valence-electron chi connectivity index (χ1n) is 7.14. The molecule has 0 rings (SSSR count). The molecule has 0 aliphatic heterocycles. The average Bonchev–Trinajstić information content (AvgIpc) is 2.11. The van der Waals surface area contributed by atoms with Gasteiger partial charge >= 0.3 is 0 Å². The molecule has 0 aliphatic rings. The van der Waals surface area contributed by atoms with Crippen LogP contribution in [0.3, 0.4) is 0 Å². The van der Waals surface area contributed by atoms with Crippen LogP contribution in [0.15, 0.2) is 0 Å². The van der Waals surface area contributed by atoms with E-state index < -0.39 is 0 Å². The van der Waals surface area contributed by atoms with Gasteiger partial charge in [-0.2, -0.15) is 0 Å². The van der Waals surface area contributed by atoms with Crippen LogP contribution in [0.25, 0.3) is 0 Å². The van der Waals surface area contributed by atoms with Crippen LogP contribution >= 0.6 is 0 Å². The van der Waals surface area contributed by atoms with Gasteiger partial charge in [-0.05, 0) is 33.2 Å². The van der Waals surface area contributed by atoms with E-state index in [2.05, 4.69) is 46.6 Å². The van der Waals surface area contributed by atoms with Crippen molar-refractivity contribution < 1.29 is 4.79 Å². The van der Waals surface area contributed by atoms with Crippen molar-refractivity contribution in [2.24, 2.45) is 10.8 Å². The molecule has 1 amide bonds. The highest BCUT2D eigenvalue weighted by Crippen LogP contribution is 2.24. The van der Waals surface area contributed by atoms with Crippen LogP contribution in [-0.2, 0) is 4.79 Å². The van der Waals surface area contributed by atoms with Crippen molar-refractivity contribution in [2.45, 2.75) is 60.9 Å². The molecule has 3 heteroatoms. The molecular formula is C16H34N2O. The Bertz CT molecular complexity index is 308. The van der Waals surface area contributed by atoms with Crippen molar-refractivity contribution in [1.29, 1.82) is 0 Å². The van der Waals surface area contributed by atoms with Gasteiger partial charge in [-0.3, -0.25) is 4.79 Å². The van der Waals surface area contributed by atoms with E-state index in [1.165, 1.54) is 0 Å². The molecule has 0 saturated carbocycles. The summed E-state index contributed by atoms with van der Waals surface area (Å²) < 4.78 is 0. The third-order valence-electron chi connectivity index (χ3n) is 3.46. The molecule has 0 atom stereocenters. The second kappa shape index (κ2) is 5.82. The van der Waals surface area contributed by atoms with Gasteiger partial charge < -0.3 is 9.80 Å². The van der Waals surface area contributed by atoms with E-state index in [0.717, 1.165) is 13.1 Å². The van der Waals surface area contributed by atoms with Crippen LogP contribution in [0, 0.1) is 10.8 Å². The smallest absolute Gasteiger partial charge is 0.227 e. The number of carbonyl (C=O) groups is 1. The van der Waals surface area contributed by atoms with Gasteiger partial charge in [0.15, 0.2) is 0 Å². The molecule has 0 aromatic heterocycles. The van der Waals surface area contributed by atoms with Gasteiger partial charge in [-0.1, -0.05) is 34.6 Å². The highest BCUT2D eigenvalue weighted by atomic mass is 16.2.